The van der Waals surface area contributed by atoms with Crippen molar-refractivity contribution in [3.05, 3.63) is 28.9 Å². The van der Waals surface area contributed by atoms with Gasteiger partial charge >= 0.3 is 0 Å². The van der Waals surface area contributed by atoms with E-state index in [0.717, 1.165) is 39.8 Å². The van der Waals surface area contributed by atoms with E-state index < -0.39 is 0 Å². The molecule has 0 radical (unpaired) electrons. The molecule has 4 nitrogen and oxygen atoms in total. The highest BCUT2D eigenvalue weighted by Crippen LogP contribution is 2.28. The summed E-state index contributed by atoms with van der Waals surface area (Å²) in [5, 5.41) is 4.49. The quantitative estimate of drug-likeness (QED) is 0.814. The van der Waals surface area contributed by atoms with E-state index in [9.17, 15) is 0 Å². The zero-order chi connectivity index (χ0) is 14.7. The minimum absolute atomic E-state index is 0.761. The Kier molecular flexibility index (Phi) is 4.87. The zero-order valence-electron chi connectivity index (χ0n) is 11.8. The van der Waals surface area contributed by atoms with Crippen LogP contribution in [0.3, 0.4) is 0 Å². The van der Waals surface area contributed by atoms with Gasteiger partial charge in [0.1, 0.15) is 0 Å². The second-order valence-electron chi connectivity index (χ2n) is 5.13. The van der Waals surface area contributed by atoms with Crippen LogP contribution >= 0.6 is 27.7 Å². The smallest absolute Gasteiger partial charge is 0.0954 e. The van der Waals surface area contributed by atoms with Crippen molar-refractivity contribution in [3.8, 4) is 0 Å². The van der Waals surface area contributed by atoms with Gasteiger partial charge in [-0.3, -0.25) is 9.88 Å². The average Bonchev–Trinajstić information content (AvgIpc) is 2.51. The Balaban J connectivity index is 1.70. The molecule has 0 amide bonds. The maximum atomic E-state index is 6.04. The van der Waals surface area contributed by atoms with Gasteiger partial charge in [-0.05, 0) is 34.1 Å². The number of nitrogens with two attached hydrogens (primary N) is 1. The van der Waals surface area contributed by atoms with E-state index in [1.165, 1.54) is 24.6 Å². The molecule has 1 fully saturated rings. The van der Waals surface area contributed by atoms with Crippen LogP contribution in [-0.2, 0) is 0 Å². The summed E-state index contributed by atoms with van der Waals surface area (Å²) in [6.45, 7) is 4.39. The number of pyridine rings is 1. The molecule has 1 aliphatic rings. The van der Waals surface area contributed by atoms with Gasteiger partial charge in [-0.1, -0.05) is 0 Å². The first-order valence-electron chi connectivity index (χ1n) is 7.12. The van der Waals surface area contributed by atoms with Crippen molar-refractivity contribution in [2.75, 3.05) is 48.7 Å². The van der Waals surface area contributed by atoms with E-state index in [2.05, 4.69) is 31.1 Å². The number of nitrogens with zero attached hydrogens (tertiary/aromatic N) is 2. The van der Waals surface area contributed by atoms with Crippen LogP contribution < -0.4 is 11.1 Å². The van der Waals surface area contributed by atoms with E-state index in [1.54, 1.807) is 0 Å². The SMILES string of the molecule is Nc1ccc(NCCN2CCSCC2)c2ncc(Br)cc12. The predicted octanol–water partition coefficient (Wildman–Crippen LogP) is 3.04. The molecular formula is C15H19BrN4S. The van der Waals surface area contributed by atoms with Crippen molar-refractivity contribution >= 4 is 50.0 Å². The molecule has 0 saturated carbocycles. The van der Waals surface area contributed by atoms with Gasteiger partial charge in [0.15, 0.2) is 0 Å². The second kappa shape index (κ2) is 6.85. The molecule has 0 bridgehead atoms. The van der Waals surface area contributed by atoms with E-state index in [4.69, 9.17) is 5.73 Å². The van der Waals surface area contributed by atoms with Crippen LogP contribution in [0.4, 0.5) is 11.4 Å². The Hall–Kier alpha value is -0.980. The Morgan fingerprint density at radius 1 is 1.33 bits per heavy atom. The molecule has 0 spiro atoms. The molecule has 1 saturated heterocycles. The molecule has 0 unspecified atom stereocenters. The van der Waals surface area contributed by atoms with Crippen molar-refractivity contribution in [1.82, 2.24) is 9.88 Å². The number of fused-ring (bicyclic) bond motifs is 1. The van der Waals surface area contributed by atoms with Crippen molar-refractivity contribution < 1.29 is 0 Å². The first-order valence-corrected chi connectivity index (χ1v) is 9.06. The molecule has 2 heterocycles. The van der Waals surface area contributed by atoms with Crippen LogP contribution in [0.5, 0.6) is 0 Å². The normalized spacial score (nSPS) is 16.2. The number of halogens is 1. The molecule has 2 aromatic rings. The Morgan fingerprint density at radius 2 is 2.14 bits per heavy atom. The van der Waals surface area contributed by atoms with Gasteiger partial charge in [0.25, 0.3) is 0 Å². The van der Waals surface area contributed by atoms with Gasteiger partial charge in [-0.15, -0.1) is 0 Å². The third-order valence-electron chi connectivity index (χ3n) is 3.70. The summed E-state index contributed by atoms with van der Waals surface area (Å²) in [4.78, 5) is 7.01. The second-order valence-corrected chi connectivity index (χ2v) is 7.27. The minimum atomic E-state index is 0.761. The van der Waals surface area contributed by atoms with Gasteiger partial charge in [0.2, 0.25) is 0 Å². The number of thioether (sulfide) groups is 1. The lowest BCUT2D eigenvalue weighted by atomic mass is 10.1. The molecule has 112 valence electrons. The summed E-state index contributed by atoms with van der Waals surface area (Å²) in [6, 6.07) is 5.98. The van der Waals surface area contributed by atoms with Gasteiger partial charge in [0, 0.05) is 59.4 Å². The monoisotopic (exact) mass is 366 g/mol. The van der Waals surface area contributed by atoms with Gasteiger partial charge < -0.3 is 11.1 Å². The maximum absolute atomic E-state index is 6.04. The molecule has 1 aromatic carbocycles. The summed E-state index contributed by atoms with van der Waals surface area (Å²) >= 11 is 5.49. The van der Waals surface area contributed by atoms with Crippen LogP contribution in [0, 0.1) is 0 Å². The largest absolute Gasteiger partial charge is 0.398 e. The summed E-state index contributed by atoms with van der Waals surface area (Å²) < 4.78 is 0.949. The predicted molar refractivity (Wildman–Crippen MR) is 96.1 cm³/mol. The first-order chi connectivity index (χ1) is 10.2. The van der Waals surface area contributed by atoms with E-state index in [1.807, 2.05) is 36.2 Å². The first kappa shape index (κ1) is 14.9. The van der Waals surface area contributed by atoms with Crippen LogP contribution in [0.25, 0.3) is 10.9 Å². The highest BCUT2D eigenvalue weighted by molar-refractivity contribution is 9.10. The molecule has 1 aromatic heterocycles. The topological polar surface area (TPSA) is 54.2 Å². The van der Waals surface area contributed by atoms with Gasteiger partial charge in [-0.2, -0.15) is 11.8 Å². The highest BCUT2D eigenvalue weighted by Gasteiger charge is 2.10. The number of nitrogen functional groups attached to an aromatic ring is 1. The van der Waals surface area contributed by atoms with Gasteiger partial charge in [-0.25, -0.2) is 0 Å². The molecule has 3 rings (SSSR count). The van der Waals surface area contributed by atoms with Crippen molar-refractivity contribution in [2.24, 2.45) is 0 Å². The van der Waals surface area contributed by atoms with E-state index >= 15 is 0 Å². The van der Waals surface area contributed by atoms with Crippen LogP contribution in [0.15, 0.2) is 28.9 Å². The highest BCUT2D eigenvalue weighted by atomic mass is 79.9. The van der Waals surface area contributed by atoms with Crippen LogP contribution in [0.1, 0.15) is 0 Å². The Morgan fingerprint density at radius 3 is 2.95 bits per heavy atom. The average molecular weight is 367 g/mol. The number of nitrogens with one attached hydrogen (secondary N) is 1. The van der Waals surface area contributed by atoms with Gasteiger partial charge in [0.05, 0.1) is 11.2 Å². The third kappa shape index (κ3) is 3.62. The zero-order valence-corrected chi connectivity index (χ0v) is 14.2. The summed E-state index contributed by atoms with van der Waals surface area (Å²) in [5.41, 5.74) is 8.79. The van der Waals surface area contributed by atoms with E-state index in [-0.39, 0.29) is 0 Å². The maximum Gasteiger partial charge on any atom is 0.0954 e. The summed E-state index contributed by atoms with van der Waals surface area (Å²) in [7, 11) is 0. The molecule has 21 heavy (non-hydrogen) atoms. The number of anilines is 2. The van der Waals surface area contributed by atoms with Crippen molar-refractivity contribution in [2.45, 2.75) is 0 Å². The lowest BCUT2D eigenvalue weighted by molar-refractivity contribution is 0.314. The molecule has 0 atom stereocenters. The van der Waals surface area contributed by atoms with Crippen molar-refractivity contribution in [3.63, 3.8) is 0 Å². The third-order valence-corrected chi connectivity index (χ3v) is 5.07. The Labute approximate surface area is 137 Å². The number of aromatic nitrogens is 1. The molecule has 3 N–H and O–H groups in total. The minimum Gasteiger partial charge on any atom is -0.398 e. The van der Waals surface area contributed by atoms with Crippen LogP contribution in [-0.4, -0.2) is 47.6 Å². The fourth-order valence-electron chi connectivity index (χ4n) is 2.53. The number of hydrogen-bond donors (Lipinski definition) is 2. The van der Waals surface area contributed by atoms with E-state index in [0.29, 0.717) is 0 Å². The standard InChI is InChI=1S/C15H19BrN4S/c16-11-9-12-13(17)1-2-14(15(12)19-10-11)18-3-4-20-5-7-21-8-6-20/h1-2,9-10,18H,3-8,17H2. The van der Waals surface area contributed by atoms with Crippen molar-refractivity contribution in [1.29, 1.82) is 0 Å². The molecule has 0 aliphatic carbocycles. The fraction of sp³-hybridized carbons (Fsp3) is 0.400. The fourth-order valence-corrected chi connectivity index (χ4v) is 3.84. The number of hydrogen-bond acceptors (Lipinski definition) is 5. The Bertz CT molecular complexity index is 628. The summed E-state index contributed by atoms with van der Waals surface area (Å²) in [6.07, 6.45) is 1.81. The molecule has 1 aliphatic heterocycles. The molecule has 6 heteroatoms. The lowest BCUT2D eigenvalue weighted by Gasteiger charge is -2.26. The summed E-state index contributed by atoms with van der Waals surface area (Å²) in [5.74, 6) is 2.50. The number of benzene rings is 1. The molecular weight excluding hydrogens is 348 g/mol. The number of rotatable bonds is 4. The van der Waals surface area contributed by atoms with Crippen LogP contribution in [0.2, 0.25) is 0 Å². The lowest BCUT2D eigenvalue weighted by Crippen LogP contribution is -2.36.